The van der Waals surface area contributed by atoms with E-state index < -0.39 is 0 Å². The van der Waals surface area contributed by atoms with Crippen LogP contribution in [0.1, 0.15) is 10.5 Å². The molecule has 2 aromatic heterocycles. The van der Waals surface area contributed by atoms with Crippen molar-refractivity contribution in [3.8, 4) is 5.13 Å². The van der Waals surface area contributed by atoms with Crippen LogP contribution in [0.5, 0.6) is 0 Å². The molecule has 5 heteroatoms. The summed E-state index contributed by atoms with van der Waals surface area (Å²) >= 11 is 1.41. The highest BCUT2D eigenvalue weighted by Crippen LogP contribution is 2.12. The molecule has 0 aliphatic heterocycles. The molecule has 0 saturated carbocycles. The number of imidazole rings is 1. The Kier molecular flexibility index (Phi) is 1.71. The first-order valence-electron chi connectivity index (χ1n) is 3.29. The van der Waals surface area contributed by atoms with Crippen LogP contribution in [-0.4, -0.2) is 20.8 Å². The van der Waals surface area contributed by atoms with Gasteiger partial charge in [0.05, 0.1) is 0 Å². The molecule has 0 aliphatic carbocycles. The minimum atomic E-state index is 0.462. The van der Waals surface area contributed by atoms with Crippen molar-refractivity contribution in [2.45, 2.75) is 0 Å². The standard InChI is InChI=1S/C7H5N3OS/c11-3-6-4-12-7(9-6)10-2-1-8-5-10/h1-5H. The van der Waals surface area contributed by atoms with Gasteiger partial charge in [-0.25, -0.2) is 9.97 Å². The summed E-state index contributed by atoms with van der Waals surface area (Å²) in [6, 6.07) is 0. The van der Waals surface area contributed by atoms with Gasteiger partial charge < -0.3 is 0 Å². The molecule has 60 valence electrons. The molecule has 0 bridgehead atoms. The lowest BCUT2D eigenvalue weighted by Crippen LogP contribution is -1.88. The van der Waals surface area contributed by atoms with Crippen LogP contribution in [-0.2, 0) is 0 Å². The van der Waals surface area contributed by atoms with E-state index in [4.69, 9.17) is 0 Å². The average Bonchev–Trinajstić information content (AvgIpc) is 2.75. The fourth-order valence-electron chi connectivity index (χ4n) is 0.821. The molecule has 0 N–H and O–H groups in total. The fourth-order valence-corrected chi connectivity index (χ4v) is 1.54. The first kappa shape index (κ1) is 7.17. The molecule has 0 aromatic carbocycles. The van der Waals surface area contributed by atoms with E-state index in [9.17, 15) is 4.79 Å². The number of carbonyl (C=O) groups excluding carboxylic acids is 1. The van der Waals surface area contributed by atoms with Gasteiger partial charge in [-0.15, -0.1) is 11.3 Å². The maximum Gasteiger partial charge on any atom is 0.195 e. The van der Waals surface area contributed by atoms with Gasteiger partial charge in [0.1, 0.15) is 12.0 Å². The van der Waals surface area contributed by atoms with Gasteiger partial charge in [-0.2, -0.15) is 0 Å². The lowest BCUT2D eigenvalue weighted by Gasteiger charge is -1.90. The zero-order valence-electron chi connectivity index (χ0n) is 6.04. The number of carbonyl (C=O) groups is 1. The van der Waals surface area contributed by atoms with E-state index >= 15 is 0 Å². The molecule has 2 aromatic rings. The summed E-state index contributed by atoms with van der Waals surface area (Å²) in [5.41, 5.74) is 0.462. The predicted octanol–water partition coefficient (Wildman–Crippen LogP) is 1.14. The molecule has 4 nitrogen and oxygen atoms in total. The summed E-state index contributed by atoms with van der Waals surface area (Å²) in [5.74, 6) is 0. The van der Waals surface area contributed by atoms with Gasteiger partial charge in [-0.1, -0.05) is 0 Å². The fraction of sp³-hybridized carbons (Fsp3) is 0. The third kappa shape index (κ3) is 1.14. The number of hydrogen-bond acceptors (Lipinski definition) is 4. The summed E-state index contributed by atoms with van der Waals surface area (Å²) in [6.07, 6.45) is 5.83. The third-order valence-electron chi connectivity index (χ3n) is 1.36. The lowest BCUT2D eigenvalue weighted by molar-refractivity contribution is 0.111. The van der Waals surface area contributed by atoms with Crippen LogP contribution in [0, 0.1) is 0 Å². The van der Waals surface area contributed by atoms with E-state index in [1.165, 1.54) is 11.3 Å². The van der Waals surface area contributed by atoms with Crippen LogP contribution in [0.2, 0.25) is 0 Å². The molecule has 0 atom stereocenters. The van der Waals surface area contributed by atoms with Gasteiger partial charge in [0.2, 0.25) is 0 Å². The number of aldehydes is 1. The summed E-state index contributed by atoms with van der Waals surface area (Å²) in [6.45, 7) is 0. The number of nitrogens with zero attached hydrogens (tertiary/aromatic N) is 3. The van der Waals surface area contributed by atoms with Crippen molar-refractivity contribution in [3.05, 3.63) is 29.8 Å². The van der Waals surface area contributed by atoms with Gasteiger partial charge in [-0.05, 0) is 0 Å². The molecule has 0 spiro atoms. The molecule has 0 amide bonds. The predicted molar refractivity (Wildman–Crippen MR) is 44.6 cm³/mol. The minimum absolute atomic E-state index is 0.462. The van der Waals surface area contributed by atoms with Crippen LogP contribution in [0.4, 0.5) is 0 Å². The quantitative estimate of drug-likeness (QED) is 0.649. The van der Waals surface area contributed by atoms with Gasteiger partial charge in [0.25, 0.3) is 0 Å². The van der Waals surface area contributed by atoms with Crippen LogP contribution >= 0.6 is 11.3 Å². The zero-order chi connectivity index (χ0) is 8.39. The van der Waals surface area contributed by atoms with Crippen molar-refractivity contribution in [1.82, 2.24) is 14.5 Å². The molecule has 0 fully saturated rings. The molecule has 2 heterocycles. The number of hydrogen-bond donors (Lipinski definition) is 0. The smallest absolute Gasteiger partial charge is 0.195 e. The second-order valence-corrected chi connectivity index (χ2v) is 2.98. The lowest BCUT2D eigenvalue weighted by atomic mass is 10.6. The Morgan fingerprint density at radius 2 is 2.50 bits per heavy atom. The Labute approximate surface area is 72.5 Å². The maximum absolute atomic E-state index is 10.3. The first-order chi connectivity index (χ1) is 5.90. The van der Waals surface area contributed by atoms with Gasteiger partial charge in [0, 0.05) is 17.8 Å². The number of thiazole rings is 1. The normalized spacial score (nSPS) is 10.0. The van der Waals surface area contributed by atoms with E-state index in [2.05, 4.69) is 9.97 Å². The van der Waals surface area contributed by atoms with E-state index in [0.717, 1.165) is 11.4 Å². The van der Waals surface area contributed by atoms with Crippen molar-refractivity contribution in [2.24, 2.45) is 0 Å². The zero-order valence-corrected chi connectivity index (χ0v) is 6.86. The van der Waals surface area contributed by atoms with Crippen molar-refractivity contribution in [2.75, 3.05) is 0 Å². The van der Waals surface area contributed by atoms with Gasteiger partial charge in [-0.3, -0.25) is 9.36 Å². The highest BCUT2D eigenvalue weighted by molar-refractivity contribution is 7.12. The highest BCUT2D eigenvalue weighted by atomic mass is 32.1. The number of rotatable bonds is 2. The monoisotopic (exact) mass is 179 g/mol. The Morgan fingerprint density at radius 1 is 1.58 bits per heavy atom. The molecule has 12 heavy (non-hydrogen) atoms. The highest BCUT2D eigenvalue weighted by Gasteiger charge is 2.00. The largest absolute Gasteiger partial charge is 0.296 e. The molecular weight excluding hydrogens is 174 g/mol. The van der Waals surface area contributed by atoms with Gasteiger partial charge in [0.15, 0.2) is 11.4 Å². The van der Waals surface area contributed by atoms with Crippen molar-refractivity contribution >= 4 is 17.6 Å². The van der Waals surface area contributed by atoms with E-state index in [1.807, 2.05) is 0 Å². The van der Waals surface area contributed by atoms with Crippen LogP contribution in [0.15, 0.2) is 24.1 Å². The van der Waals surface area contributed by atoms with Crippen LogP contribution in [0.3, 0.4) is 0 Å². The van der Waals surface area contributed by atoms with Crippen molar-refractivity contribution < 1.29 is 4.79 Å². The van der Waals surface area contributed by atoms with E-state index in [-0.39, 0.29) is 0 Å². The average molecular weight is 179 g/mol. The molecule has 0 radical (unpaired) electrons. The molecule has 2 rings (SSSR count). The summed E-state index contributed by atoms with van der Waals surface area (Å²) < 4.78 is 1.76. The summed E-state index contributed by atoms with van der Waals surface area (Å²) in [4.78, 5) is 18.2. The molecule has 0 unspecified atom stereocenters. The second kappa shape index (κ2) is 2.86. The molecule has 0 aliphatic rings. The van der Waals surface area contributed by atoms with E-state index in [0.29, 0.717) is 5.69 Å². The first-order valence-corrected chi connectivity index (χ1v) is 4.17. The Balaban J connectivity index is 2.41. The van der Waals surface area contributed by atoms with Crippen LogP contribution < -0.4 is 0 Å². The summed E-state index contributed by atoms with van der Waals surface area (Å²) in [7, 11) is 0. The van der Waals surface area contributed by atoms with E-state index in [1.54, 1.807) is 28.7 Å². The molecule has 0 saturated heterocycles. The van der Waals surface area contributed by atoms with Crippen LogP contribution in [0.25, 0.3) is 5.13 Å². The Morgan fingerprint density at radius 3 is 3.08 bits per heavy atom. The topological polar surface area (TPSA) is 47.8 Å². The SMILES string of the molecule is O=Cc1csc(-n2ccnc2)n1. The van der Waals surface area contributed by atoms with Crippen molar-refractivity contribution in [1.29, 1.82) is 0 Å². The maximum atomic E-state index is 10.3. The Hall–Kier alpha value is -1.49. The second-order valence-electron chi connectivity index (χ2n) is 2.14. The summed E-state index contributed by atoms with van der Waals surface area (Å²) in [5, 5.41) is 2.47. The number of aromatic nitrogens is 3. The Bertz CT molecular complexity index is 379. The van der Waals surface area contributed by atoms with Crippen molar-refractivity contribution in [3.63, 3.8) is 0 Å². The minimum Gasteiger partial charge on any atom is -0.296 e. The third-order valence-corrected chi connectivity index (χ3v) is 2.23. The van der Waals surface area contributed by atoms with Gasteiger partial charge >= 0.3 is 0 Å². The molecular formula is C7H5N3OS.